The number of aromatic hydroxyl groups is 1. The van der Waals surface area contributed by atoms with E-state index in [0.29, 0.717) is 12.2 Å². The van der Waals surface area contributed by atoms with Crippen LogP contribution in [0.5, 0.6) is 11.5 Å². The predicted molar refractivity (Wildman–Crippen MR) is 84.3 cm³/mol. The van der Waals surface area contributed by atoms with Crippen LogP contribution >= 0.6 is 0 Å². The molecule has 6 nitrogen and oxygen atoms in total. The molecule has 1 aliphatic heterocycles. The summed E-state index contributed by atoms with van der Waals surface area (Å²) in [5.41, 5.74) is 0.581. The predicted octanol–water partition coefficient (Wildman–Crippen LogP) is 1.44. The van der Waals surface area contributed by atoms with E-state index in [1.807, 2.05) is 0 Å². The highest BCUT2D eigenvalue weighted by Crippen LogP contribution is 2.24. The van der Waals surface area contributed by atoms with Crippen LogP contribution in [0.25, 0.3) is 0 Å². The summed E-state index contributed by atoms with van der Waals surface area (Å²) in [6.07, 6.45) is 0. The number of amides is 2. The second kappa shape index (κ2) is 6.57. The van der Waals surface area contributed by atoms with Gasteiger partial charge in [0, 0.05) is 5.69 Å². The third-order valence-corrected chi connectivity index (χ3v) is 3.63. The minimum atomic E-state index is -0.629. The van der Waals surface area contributed by atoms with Crippen molar-refractivity contribution < 1.29 is 23.8 Å². The lowest BCUT2D eigenvalue weighted by Crippen LogP contribution is -2.64. The summed E-state index contributed by atoms with van der Waals surface area (Å²) in [5.74, 6) is -0.973. The van der Waals surface area contributed by atoms with Crippen molar-refractivity contribution in [2.75, 3.05) is 18.1 Å². The van der Waals surface area contributed by atoms with Crippen molar-refractivity contribution in [1.82, 2.24) is 5.32 Å². The molecule has 1 aliphatic rings. The first-order valence-electron chi connectivity index (χ1n) is 7.31. The topological polar surface area (TPSA) is 78.9 Å². The fraction of sp³-hybridized carbons (Fsp3) is 0.176. The van der Waals surface area contributed by atoms with Gasteiger partial charge in [-0.2, -0.15) is 0 Å². The number of para-hydroxylation sites is 2. The highest BCUT2D eigenvalue weighted by atomic mass is 19.1. The number of ether oxygens (including phenoxy) is 1. The van der Waals surface area contributed by atoms with Crippen LogP contribution in [-0.2, 0) is 9.59 Å². The van der Waals surface area contributed by atoms with Crippen molar-refractivity contribution in [3.05, 3.63) is 54.3 Å². The lowest BCUT2D eigenvalue weighted by Gasteiger charge is -2.38. The van der Waals surface area contributed by atoms with Crippen molar-refractivity contribution in [1.29, 1.82) is 0 Å². The first-order valence-corrected chi connectivity index (χ1v) is 7.31. The Hall–Kier alpha value is -3.09. The molecule has 124 valence electrons. The second-order valence-corrected chi connectivity index (χ2v) is 5.30. The standard InChI is InChI=1S/C17H15FN2O4/c18-11-5-7-12(8-6-11)20-9-13(17(20)23)19-16(22)10-24-15-4-2-1-3-14(15)21/h1-8,13,21H,9-10H2,(H,19,22)/t13-/m0/s1. The van der Waals surface area contributed by atoms with E-state index in [4.69, 9.17) is 4.74 Å². The van der Waals surface area contributed by atoms with Crippen LogP contribution in [-0.4, -0.2) is 36.1 Å². The molecule has 2 aromatic carbocycles. The molecule has 24 heavy (non-hydrogen) atoms. The summed E-state index contributed by atoms with van der Waals surface area (Å²) in [6, 6.07) is 11.2. The van der Waals surface area contributed by atoms with Crippen LogP contribution in [0.4, 0.5) is 10.1 Å². The number of phenolic OH excluding ortho intramolecular Hbond substituents is 1. The number of hydrogen-bond acceptors (Lipinski definition) is 4. The highest BCUT2D eigenvalue weighted by molar-refractivity contribution is 6.05. The Balaban J connectivity index is 1.49. The Morgan fingerprint density at radius 1 is 1.25 bits per heavy atom. The van der Waals surface area contributed by atoms with Gasteiger partial charge in [-0.1, -0.05) is 12.1 Å². The Morgan fingerprint density at radius 2 is 1.96 bits per heavy atom. The normalized spacial score (nSPS) is 16.5. The monoisotopic (exact) mass is 330 g/mol. The fourth-order valence-corrected chi connectivity index (χ4v) is 2.35. The summed E-state index contributed by atoms with van der Waals surface area (Å²) < 4.78 is 18.1. The fourth-order valence-electron chi connectivity index (χ4n) is 2.35. The molecular formula is C17H15FN2O4. The molecule has 1 saturated heterocycles. The number of carbonyl (C=O) groups excluding carboxylic acids is 2. The maximum atomic E-state index is 12.9. The molecule has 1 fully saturated rings. The number of carbonyl (C=O) groups is 2. The molecule has 2 N–H and O–H groups in total. The van der Waals surface area contributed by atoms with Gasteiger partial charge in [-0.15, -0.1) is 0 Å². The maximum absolute atomic E-state index is 12.9. The van der Waals surface area contributed by atoms with Crippen molar-refractivity contribution in [3.63, 3.8) is 0 Å². The van der Waals surface area contributed by atoms with Gasteiger partial charge >= 0.3 is 0 Å². The lowest BCUT2D eigenvalue weighted by atomic mass is 10.1. The summed E-state index contributed by atoms with van der Waals surface area (Å²) in [6.45, 7) is 0.00466. The minimum absolute atomic E-state index is 0.0625. The number of nitrogens with one attached hydrogen (secondary N) is 1. The van der Waals surface area contributed by atoms with Gasteiger partial charge in [-0.3, -0.25) is 9.59 Å². The SMILES string of the molecule is O=C(COc1ccccc1O)N[C@H]1CN(c2ccc(F)cc2)C1=O. The molecule has 1 heterocycles. The van der Waals surface area contributed by atoms with E-state index in [0.717, 1.165) is 0 Å². The molecule has 0 saturated carbocycles. The van der Waals surface area contributed by atoms with Crippen molar-refractivity contribution >= 4 is 17.5 Å². The number of hydrogen-bond donors (Lipinski definition) is 2. The molecule has 3 rings (SSSR count). The van der Waals surface area contributed by atoms with Crippen molar-refractivity contribution in [2.24, 2.45) is 0 Å². The second-order valence-electron chi connectivity index (χ2n) is 5.30. The highest BCUT2D eigenvalue weighted by Gasteiger charge is 2.38. The van der Waals surface area contributed by atoms with Crippen LogP contribution in [0.15, 0.2) is 48.5 Å². The average molecular weight is 330 g/mol. The smallest absolute Gasteiger partial charge is 0.258 e. The van der Waals surface area contributed by atoms with E-state index in [1.54, 1.807) is 12.1 Å². The van der Waals surface area contributed by atoms with E-state index in [1.165, 1.54) is 41.3 Å². The number of rotatable bonds is 5. The lowest BCUT2D eigenvalue weighted by molar-refractivity contribution is -0.131. The van der Waals surface area contributed by atoms with Crippen LogP contribution in [0, 0.1) is 5.82 Å². The van der Waals surface area contributed by atoms with Gasteiger partial charge in [0.1, 0.15) is 11.9 Å². The zero-order valence-corrected chi connectivity index (χ0v) is 12.6. The van der Waals surface area contributed by atoms with E-state index < -0.39 is 11.9 Å². The van der Waals surface area contributed by atoms with Crippen LogP contribution in [0.2, 0.25) is 0 Å². The summed E-state index contributed by atoms with van der Waals surface area (Å²) in [5, 5.41) is 12.1. The van der Waals surface area contributed by atoms with Gasteiger partial charge in [0.25, 0.3) is 11.8 Å². The van der Waals surface area contributed by atoms with E-state index in [-0.39, 0.29) is 29.8 Å². The Morgan fingerprint density at radius 3 is 2.62 bits per heavy atom. The summed E-state index contributed by atoms with van der Waals surface area (Å²) in [7, 11) is 0. The first-order chi connectivity index (χ1) is 11.5. The van der Waals surface area contributed by atoms with Crippen LogP contribution in [0.1, 0.15) is 0 Å². The maximum Gasteiger partial charge on any atom is 0.258 e. The van der Waals surface area contributed by atoms with E-state index in [2.05, 4.69) is 5.32 Å². The molecule has 0 aliphatic carbocycles. The number of β-lactam (4-membered cyclic amide) rings is 1. The molecule has 0 radical (unpaired) electrons. The van der Waals surface area contributed by atoms with Gasteiger partial charge in [0.05, 0.1) is 6.54 Å². The van der Waals surface area contributed by atoms with E-state index in [9.17, 15) is 19.1 Å². The zero-order valence-electron chi connectivity index (χ0n) is 12.6. The zero-order chi connectivity index (χ0) is 17.1. The third-order valence-electron chi connectivity index (χ3n) is 3.63. The first kappa shape index (κ1) is 15.8. The molecule has 7 heteroatoms. The molecular weight excluding hydrogens is 315 g/mol. The summed E-state index contributed by atoms with van der Waals surface area (Å²) in [4.78, 5) is 25.3. The number of phenols is 1. The molecule has 2 amide bonds. The van der Waals surface area contributed by atoms with Gasteiger partial charge in [-0.05, 0) is 36.4 Å². The minimum Gasteiger partial charge on any atom is -0.504 e. The van der Waals surface area contributed by atoms with Crippen molar-refractivity contribution in [2.45, 2.75) is 6.04 Å². The van der Waals surface area contributed by atoms with Crippen LogP contribution < -0.4 is 15.0 Å². The summed E-state index contributed by atoms with van der Waals surface area (Å²) >= 11 is 0. The van der Waals surface area contributed by atoms with Crippen LogP contribution in [0.3, 0.4) is 0 Å². The number of anilines is 1. The number of nitrogens with zero attached hydrogens (tertiary/aromatic N) is 1. The van der Waals surface area contributed by atoms with Gasteiger partial charge in [0.2, 0.25) is 0 Å². The molecule has 0 spiro atoms. The van der Waals surface area contributed by atoms with Gasteiger partial charge < -0.3 is 20.1 Å². The molecule has 0 bridgehead atoms. The molecule has 2 aromatic rings. The van der Waals surface area contributed by atoms with Gasteiger partial charge in [-0.25, -0.2) is 4.39 Å². The Kier molecular flexibility index (Phi) is 4.33. The quantitative estimate of drug-likeness (QED) is 0.813. The molecule has 1 atom stereocenters. The Bertz CT molecular complexity index is 763. The molecule has 0 aromatic heterocycles. The molecule has 0 unspecified atom stereocenters. The Labute approximate surface area is 137 Å². The number of halogens is 1. The van der Waals surface area contributed by atoms with Gasteiger partial charge in [0.15, 0.2) is 18.1 Å². The number of benzene rings is 2. The average Bonchev–Trinajstić information content (AvgIpc) is 2.58. The largest absolute Gasteiger partial charge is 0.504 e. The third kappa shape index (κ3) is 3.29. The van der Waals surface area contributed by atoms with Crippen molar-refractivity contribution in [3.8, 4) is 11.5 Å². The van der Waals surface area contributed by atoms with E-state index >= 15 is 0 Å².